The maximum atomic E-state index is 12.0. The molecule has 1 aromatic rings. The summed E-state index contributed by atoms with van der Waals surface area (Å²) in [5.74, 6) is 0.158. The van der Waals surface area contributed by atoms with E-state index < -0.39 is 0 Å². The number of aromatic nitrogens is 2. The number of carbonyl (C=O) groups excluding carboxylic acids is 1. The SMILES string of the molecule is CCc1nn(C)cc1N1CCC(NC)C1=O. The van der Waals surface area contributed by atoms with Crippen LogP contribution in [0.1, 0.15) is 19.0 Å². The molecule has 0 aliphatic carbocycles. The summed E-state index contributed by atoms with van der Waals surface area (Å²) in [6.07, 6.45) is 3.65. The van der Waals surface area contributed by atoms with Gasteiger partial charge in [-0.3, -0.25) is 9.48 Å². The van der Waals surface area contributed by atoms with Gasteiger partial charge in [-0.1, -0.05) is 6.92 Å². The van der Waals surface area contributed by atoms with Crippen molar-refractivity contribution in [3.63, 3.8) is 0 Å². The van der Waals surface area contributed by atoms with E-state index >= 15 is 0 Å². The van der Waals surface area contributed by atoms with Gasteiger partial charge in [-0.05, 0) is 19.9 Å². The first-order valence-corrected chi connectivity index (χ1v) is 5.68. The molecular weight excluding hydrogens is 204 g/mol. The van der Waals surface area contributed by atoms with Crippen LogP contribution in [0.3, 0.4) is 0 Å². The fraction of sp³-hybridized carbons (Fsp3) is 0.636. The molecule has 1 N–H and O–H groups in total. The summed E-state index contributed by atoms with van der Waals surface area (Å²) in [6, 6.07) is -0.0371. The second kappa shape index (κ2) is 4.25. The zero-order valence-electron chi connectivity index (χ0n) is 10.0. The van der Waals surface area contributed by atoms with Crippen LogP contribution in [0, 0.1) is 0 Å². The van der Waals surface area contributed by atoms with E-state index in [2.05, 4.69) is 17.3 Å². The molecule has 0 aromatic carbocycles. The van der Waals surface area contributed by atoms with Crippen molar-refractivity contribution in [2.24, 2.45) is 7.05 Å². The maximum Gasteiger partial charge on any atom is 0.244 e. The van der Waals surface area contributed by atoms with Crippen molar-refractivity contribution in [3.8, 4) is 0 Å². The summed E-state index contributed by atoms with van der Waals surface area (Å²) >= 11 is 0. The summed E-state index contributed by atoms with van der Waals surface area (Å²) in [7, 11) is 3.72. The van der Waals surface area contributed by atoms with Crippen molar-refractivity contribution in [3.05, 3.63) is 11.9 Å². The summed E-state index contributed by atoms with van der Waals surface area (Å²) in [5.41, 5.74) is 1.96. The minimum atomic E-state index is -0.0371. The Balaban J connectivity index is 2.28. The predicted molar refractivity (Wildman–Crippen MR) is 62.4 cm³/mol. The topological polar surface area (TPSA) is 50.2 Å². The Hall–Kier alpha value is -1.36. The first-order valence-electron chi connectivity index (χ1n) is 5.68. The van der Waals surface area contributed by atoms with E-state index in [-0.39, 0.29) is 11.9 Å². The molecule has 2 rings (SSSR count). The number of rotatable bonds is 3. The van der Waals surface area contributed by atoms with Gasteiger partial charge in [0.25, 0.3) is 0 Å². The van der Waals surface area contributed by atoms with Crippen LogP contribution in [0.15, 0.2) is 6.20 Å². The summed E-state index contributed by atoms with van der Waals surface area (Å²) in [5, 5.41) is 7.40. The smallest absolute Gasteiger partial charge is 0.244 e. The molecule has 5 heteroatoms. The molecule has 2 heterocycles. The highest BCUT2D eigenvalue weighted by atomic mass is 16.2. The monoisotopic (exact) mass is 222 g/mol. The zero-order chi connectivity index (χ0) is 11.7. The third-order valence-electron chi connectivity index (χ3n) is 3.06. The van der Waals surface area contributed by atoms with Gasteiger partial charge in [-0.2, -0.15) is 5.10 Å². The standard InChI is InChI=1S/C11H18N4O/c1-4-8-10(7-14(3)13-8)15-6-5-9(12-2)11(15)16/h7,9,12H,4-6H2,1-3H3. The van der Waals surface area contributed by atoms with E-state index in [0.717, 1.165) is 30.8 Å². The number of aryl methyl sites for hydroxylation is 2. The molecule has 0 bridgehead atoms. The molecule has 88 valence electrons. The van der Waals surface area contributed by atoms with Crippen LogP contribution in [-0.4, -0.2) is 35.3 Å². The normalized spacial score (nSPS) is 20.8. The Bertz CT molecular complexity index is 399. The lowest BCUT2D eigenvalue weighted by molar-refractivity contribution is -0.118. The summed E-state index contributed by atoms with van der Waals surface area (Å²) in [6.45, 7) is 2.84. The van der Waals surface area contributed by atoms with Crippen molar-refractivity contribution in [2.45, 2.75) is 25.8 Å². The average molecular weight is 222 g/mol. The minimum absolute atomic E-state index is 0.0371. The van der Waals surface area contributed by atoms with Gasteiger partial charge in [-0.15, -0.1) is 0 Å². The van der Waals surface area contributed by atoms with E-state index in [1.165, 1.54) is 0 Å². The third-order valence-corrected chi connectivity index (χ3v) is 3.06. The zero-order valence-corrected chi connectivity index (χ0v) is 10.0. The minimum Gasteiger partial charge on any atom is -0.309 e. The second-order valence-electron chi connectivity index (χ2n) is 4.11. The highest BCUT2D eigenvalue weighted by molar-refractivity contribution is 5.99. The van der Waals surface area contributed by atoms with Crippen molar-refractivity contribution in [1.82, 2.24) is 15.1 Å². The van der Waals surface area contributed by atoms with Crippen LogP contribution in [0.5, 0.6) is 0 Å². The number of hydrogen-bond acceptors (Lipinski definition) is 3. The fourth-order valence-corrected chi connectivity index (χ4v) is 2.19. The summed E-state index contributed by atoms with van der Waals surface area (Å²) in [4.78, 5) is 13.9. The molecule has 1 saturated heterocycles. The van der Waals surface area contributed by atoms with Gasteiger partial charge in [-0.25, -0.2) is 0 Å². The van der Waals surface area contributed by atoms with Gasteiger partial charge in [0.2, 0.25) is 5.91 Å². The summed E-state index contributed by atoms with van der Waals surface area (Å²) < 4.78 is 1.77. The number of anilines is 1. The van der Waals surface area contributed by atoms with Crippen molar-refractivity contribution >= 4 is 11.6 Å². The number of hydrogen-bond donors (Lipinski definition) is 1. The van der Waals surface area contributed by atoms with Gasteiger partial charge >= 0.3 is 0 Å². The molecule has 0 spiro atoms. The van der Waals surface area contributed by atoms with E-state index in [9.17, 15) is 4.79 Å². The number of carbonyl (C=O) groups is 1. The predicted octanol–water partition coefficient (Wildman–Crippen LogP) is 0.307. The Kier molecular flexibility index (Phi) is 2.96. The first kappa shape index (κ1) is 11.1. The van der Waals surface area contributed by atoms with Crippen LogP contribution >= 0.6 is 0 Å². The van der Waals surface area contributed by atoms with Crippen LogP contribution in [0.2, 0.25) is 0 Å². The molecular formula is C11H18N4O. The molecule has 1 unspecified atom stereocenters. The Morgan fingerprint density at radius 3 is 2.94 bits per heavy atom. The molecule has 5 nitrogen and oxygen atoms in total. The van der Waals surface area contributed by atoms with Gasteiger partial charge in [0.1, 0.15) is 0 Å². The molecule has 0 radical (unpaired) electrons. The fourth-order valence-electron chi connectivity index (χ4n) is 2.19. The number of likely N-dealkylation sites (N-methyl/N-ethyl adjacent to an activating group) is 1. The molecule has 1 atom stereocenters. The molecule has 16 heavy (non-hydrogen) atoms. The van der Waals surface area contributed by atoms with E-state index in [0.29, 0.717) is 0 Å². The first-order chi connectivity index (χ1) is 7.67. The van der Waals surface area contributed by atoms with Gasteiger partial charge < -0.3 is 10.2 Å². The van der Waals surface area contributed by atoms with E-state index in [1.54, 1.807) is 4.68 Å². The highest BCUT2D eigenvalue weighted by Crippen LogP contribution is 2.24. The molecule has 1 aliphatic heterocycles. The Morgan fingerprint density at radius 2 is 2.38 bits per heavy atom. The van der Waals surface area contributed by atoms with Crippen LogP contribution < -0.4 is 10.2 Å². The Labute approximate surface area is 95.4 Å². The van der Waals surface area contributed by atoms with Gasteiger partial charge in [0, 0.05) is 19.8 Å². The van der Waals surface area contributed by atoms with Crippen molar-refractivity contribution < 1.29 is 4.79 Å². The highest BCUT2D eigenvalue weighted by Gasteiger charge is 2.33. The second-order valence-corrected chi connectivity index (χ2v) is 4.11. The largest absolute Gasteiger partial charge is 0.309 e. The molecule has 1 aromatic heterocycles. The molecule has 1 fully saturated rings. The third kappa shape index (κ3) is 1.71. The lowest BCUT2D eigenvalue weighted by Gasteiger charge is -2.15. The van der Waals surface area contributed by atoms with Crippen LogP contribution in [-0.2, 0) is 18.3 Å². The van der Waals surface area contributed by atoms with E-state index in [1.807, 2.05) is 25.2 Å². The van der Waals surface area contributed by atoms with Crippen molar-refractivity contribution in [1.29, 1.82) is 0 Å². The molecule has 1 amide bonds. The van der Waals surface area contributed by atoms with Gasteiger partial charge in [0.05, 0.1) is 17.4 Å². The average Bonchev–Trinajstić information content (AvgIpc) is 2.81. The quantitative estimate of drug-likeness (QED) is 0.800. The van der Waals surface area contributed by atoms with Crippen molar-refractivity contribution in [2.75, 3.05) is 18.5 Å². The number of nitrogens with zero attached hydrogens (tertiary/aromatic N) is 3. The number of amides is 1. The lowest BCUT2D eigenvalue weighted by Crippen LogP contribution is -2.36. The lowest BCUT2D eigenvalue weighted by atomic mass is 10.2. The van der Waals surface area contributed by atoms with Gasteiger partial charge in [0.15, 0.2) is 0 Å². The van der Waals surface area contributed by atoms with E-state index in [4.69, 9.17) is 0 Å². The maximum absolute atomic E-state index is 12.0. The molecule has 0 saturated carbocycles. The molecule has 1 aliphatic rings. The van der Waals surface area contributed by atoms with Crippen LogP contribution in [0.4, 0.5) is 5.69 Å². The van der Waals surface area contributed by atoms with Crippen LogP contribution in [0.25, 0.3) is 0 Å². The number of nitrogens with one attached hydrogen (secondary N) is 1. The Morgan fingerprint density at radius 1 is 1.62 bits per heavy atom.